The van der Waals surface area contributed by atoms with E-state index in [9.17, 15) is 9.59 Å². The average molecular weight is 389 g/mol. The third kappa shape index (κ3) is 4.21. The monoisotopic (exact) mass is 389 g/mol. The second-order valence-corrected chi connectivity index (χ2v) is 7.16. The molecule has 6 nitrogen and oxygen atoms in total. The van der Waals surface area contributed by atoms with E-state index < -0.39 is 0 Å². The van der Waals surface area contributed by atoms with E-state index in [1.807, 2.05) is 47.4 Å². The molecule has 1 fully saturated rings. The number of pyridine rings is 1. The van der Waals surface area contributed by atoms with E-state index in [4.69, 9.17) is 4.74 Å². The fourth-order valence-corrected chi connectivity index (χ4v) is 3.60. The molecule has 0 radical (unpaired) electrons. The van der Waals surface area contributed by atoms with Gasteiger partial charge in [-0.1, -0.05) is 24.3 Å². The lowest BCUT2D eigenvalue weighted by Crippen LogP contribution is -2.46. The van der Waals surface area contributed by atoms with E-state index in [-0.39, 0.29) is 17.9 Å². The number of piperidine rings is 1. The molecule has 1 aromatic heterocycles. The lowest BCUT2D eigenvalue weighted by atomic mass is 10.0. The number of carbonyl (C=O) groups is 2. The number of nitrogens with one attached hydrogen (secondary N) is 1. The van der Waals surface area contributed by atoms with Gasteiger partial charge in [-0.3, -0.25) is 9.59 Å². The Labute approximate surface area is 169 Å². The van der Waals surface area contributed by atoms with Crippen LogP contribution in [0.3, 0.4) is 0 Å². The smallest absolute Gasteiger partial charge is 0.272 e. The SMILES string of the molecule is COc1ccc2nc(C(=O)N3CCC(NC(=O)c4ccccc4)CC3)ccc2c1. The predicted molar refractivity (Wildman–Crippen MR) is 111 cm³/mol. The second kappa shape index (κ2) is 8.31. The van der Waals surface area contributed by atoms with Gasteiger partial charge in [0.2, 0.25) is 0 Å². The molecular weight excluding hydrogens is 366 g/mol. The van der Waals surface area contributed by atoms with Crippen molar-refractivity contribution in [1.82, 2.24) is 15.2 Å². The summed E-state index contributed by atoms with van der Waals surface area (Å²) < 4.78 is 5.23. The van der Waals surface area contributed by atoms with E-state index in [1.54, 1.807) is 25.3 Å². The molecule has 0 aliphatic carbocycles. The molecule has 1 saturated heterocycles. The molecule has 2 heterocycles. The van der Waals surface area contributed by atoms with Crippen LogP contribution >= 0.6 is 0 Å². The molecule has 2 aromatic carbocycles. The van der Waals surface area contributed by atoms with Crippen LogP contribution in [0.15, 0.2) is 60.7 Å². The Morgan fingerprint density at radius 1 is 1.03 bits per heavy atom. The van der Waals surface area contributed by atoms with Gasteiger partial charge in [-0.15, -0.1) is 0 Å². The number of nitrogens with zero attached hydrogens (tertiary/aromatic N) is 2. The number of ether oxygens (including phenoxy) is 1. The Hall–Kier alpha value is -3.41. The van der Waals surface area contributed by atoms with E-state index in [1.165, 1.54) is 0 Å². The van der Waals surface area contributed by atoms with Crippen molar-refractivity contribution in [3.05, 3.63) is 71.9 Å². The lowest BCUT2D eigenvalue weighted by molar-refractivity contribution is 0.0693. The van der Waals surface area contributed by atoms with Gasteiger partial charge >= 0.3 is 0 Å². The number of likely N-dealkylation sites (tertiary alicyclic amines) is 1. The largest absolute Gasteiger partial charge is 0.497 e. The Bertz CT molecular complexity index is 1030. The molecule has 1 aliphatic heterocycles. The molecule has 29 heavy (non-hydrogen) atoms. The van der Waals surface area contributed by atoms with Crippen molar-refractivity contribution in [3.63, 3.8) is 0 Å². The summed E-state index contributed by atoms with van der Waals surface area (Å²) in [7, 11) is 1.62. The van der Waals surface area contributed by atoms with Crippen LogP contribution in [-0.2, 0) is 0 Å². The molecule has 1 aliphatic rings. The molecule has 4 rings (SSSR count). The van der Waals surface area contributed by atoms with Crippen molar-refractivity contribution >= 4 is 22.7 Å². The van der Waals surface area contributed by atoms with Crippen LogP contribution in [0.1, 0.15) is 33.7 Å². The Morgan fingerprint density at radius 2 is 1.79 bits per heavy atom. The predicted octanol–water partition coefficient (Wildman–Crippen LogP) is 3.28. The number of methoxy groups -OCH3 is 1. The zero-order chi connectivity index (χ0) is 20.2. The number of fused-ring (bicyclic) bond motifs is 1. The minimum Gasteiger partial charge on any atom is -0.497 e. The number of hydrogen-bond acceptors (Lipinski definition) is 4. The van der Waals surface area contributed by atoms with Crippen molar-refractivity contribution < 1.29 is 14.3 Å². The van der Waals surface area contributed by atoms with Crippen molar-refractivity contribution in [2.75, 3.05) is 20.2 Å². The summed E-state index contributed by atoms with van der Waals surface area (Å²) in [6, 6.07) is 18.5. The van der Waals surface area contributed by atoms with Gasteiger partial charge in [-0.25, -0.2) is 4.98 Å². The number of amides is 2. The molecule has 2 amide bonds. The van der Waals surface area contributed by atoms with Gasteiger partial charge in [-0.2, -0.15) is 0 Å². The summed E-state index contributed by atoms with van der Waals surface area (Å²) in [5, 5.41) is 4.00. The van der Waals surface area contributed by atoms with Gasteiger partial charge in [-0.05, 0) is 49.2 Å². The Kier molecular flexibility index (Phi) is 5.42. The first kappa shape index (κ1) is 18.9. The van der Waals surface area contributed by atoms with Gasteiger partial charge in [0, 0.05) is 30.1 Å². The summed E-state index contributed by atoms with van der Waals surface area (Å²) in [5.74, 6) is 0.621. The molecule has 0 bridgehead atoms. The topological polar surface area (TPSA) is 71.5 Å². The molecular formula is C23H23N3O3. The Balaban J connectivity index is 1.37. The maximum absolute atomic E-state index is 12.9. The maximum atomic E-state index is 12.9. The lowest BCUT2D eigenvalue weighted by Gasteiger charge is -2.32. The van der Waals surface area contributed by atoms with Gasteiger partial charge in [0.1, 0.15) is 11.4 Å². The van der Waals surface area contributed by atoms with Gasteiger partial charge in [0.25, 0.3) is 11.8 Å². The fourth-order valence-electron chi connectivity index (χ4n) is 3.60. The van der Waals surface area contributed by atoms with Gasteiger partial charge < -0.3 is 15.0 Å². The normalized spacial score (nSPS) is 14.6. The minimum absolute atomic E-state index is 0.0676. The van der Waals surface area contributed by atoms with Crippen LogP contribution in [0.25, 0.3) is 10.9 Å². The summed E-state index contributed by atoms with van der Waals surface area (Å²) >= 11 is 0. The first-order valence-corrected chi connectivity index (χ1v) is 9.74. The van der Waals surface area contributed by atoms with E-state index in [0.29, 0.717) is 24.3 Å². The highest BCUT2D eigenvalue weighted by Gasteiger charge is 2.25. The summed E-state index contributed by atoms with van der Waals surface area (Å²) in [6.07, 6.45) is 1.46. The minimum atomic E-state index is -0.0736. The number of aromatic nitrogens is 1. The average Bonchev–Trinajstić information content (AvgIpc) is 2.79. The molecule has 1 N–H and O–H groups in total. The highest BCUT2D eigenvalue weighted by molar-refractivity contribution is 5.95. The van der Waals surface area contributed by atoms with Crippen molar-refractivity contribution in [2.45, 2.75) is 18.9 Å². The summed E-state index contributed by atoms with van der Waals surface area (Å²) in [5.41, 5.74) is 1.86. The second-order valence-electron chi connectivity index (χ2n) is 7.16. The van der Waals surface area contributed by atoms with Crippen LogP contribution in [0.5, 0.6) is 5.75 Å². The molecule has 6 heteroatoms. The molecule has 3 aromatic rings. The Morgan fingerprint density at radius 3 is 2.52 bits per heavy atom. The molecule has 0 unspecified atom stereocenters. The highest BCUT2D eigenvalue weighted by Crippen LogP contribution is 2.21. The van der Waals surface area contributed by atoms with Gasteiger partial charge in [0.05, 0.1) is 12.6 Å². The van der Waals surface area contributed by atoms with E-state index in [2.05, 4.69) is 10.3 Å². The zero-order valence-electron chi connectivity index (χ0n) is 16.3. The number of rotatable bonds is 4. The van der Waals surface area contributed by atoms with Crippen LogP contribution in [-0.4, -0.2) is 47.9 Å². The van der Waals surface area contributed by atoms with Crippen LogP contribution in [0.2, 0.25) is 0 Å². The molecule has 0 atom stereocenters. The number of carbonyl (C=O) groups excluding carboxylic acids is 2. The zero-order valence-corrected chi connectivity index (χ0v) is 16.3. The van der Waals surface area contributed by atoms with Crippen molar-refractivity contribution in [3.8, 4) is 5.75 Å². The summed E-state index contributed by atoms with van der Waals surface area (Å²) in [6.45, 7) is 1.20. The molecule has 0 spiro atoms. The third-order valence-corrected chi connectivity index (χ3v) is 5.27. The van der Waals surface area contributed by atoms with Crippen LogP contribution in [0.4, 0.5) is 0 Å². The van der Waals surface area contributed by atoms with Crippen LogP contribution in [0, 0.1) is 0 Å². The number of hydrogen-bond donors (Lipinski definition) is 1. The summed E-state index contributed by atoms with van der Waals surface area (Å²) in [4.78, 5) is 31.5. The quantitative estimate of drug-likeness (QED) is 0.743. The number of benzene rings is 2. The van der Waals surface area contributed by atoms with Crippen molar-refractivity contribution in [1.29, 1.82) is 0 Å². The maximum Gasteiger partial charge on any atom is 0.272 e. The molecule has 0 saturated carbocycles. The van der Waals surface area contributed by atoms with E-state index >= 15 is 0 Å². The van der Waals surface area contributed by atoms with Gasteiger partial charge in [0.15, 0.2) is 0 Å². The standard InChI is InChI=1S/C23H23N3O3/c1-29-19-8-10-20-17(15-19)7-9-21(25-20)23(28)26-13-11-18(12-14-26)24-22(27)16-5-3-2-4-6-16/h2-10,15,18H,11-14H2,1H3,(H,24,27). The third-order valence-electron chi connectivity index (χ3n) is 5.27. The van der Waals surface area contributed by atoms with Crippen LogP contribution < -0.4 is 10.1 Å². The van der Waals surface area contributed by atoms with Crippen molar-refractivity contribution in [2.24, 2.45) is 0 Å². The van der Waals surface area contributed by atoms with E-state index in [0.717, 1.165) is 29.5 Å². The molecule has 148 valence electrons. The first-order chi connectivity index (χ1) is 14.1. The highest BCUT2D eigenvalue weighted by atomic mass is 16.5. The fraction of sp³-hybridized carbons (Fsp3) is 0.261. The first-order valence-electron chi connectivity index (χ1n) is 9.74.